The van der Waals surface area contributed by atoms with Crippen LogP contribution in [0, 0.1) is 11.5 Å². The second-order valence-electron chi connectivity index (χ2n) is 17.8. The highest BCUT2D eigenvalue weighted by atomic mass is 28.3. The summed E-state index contributed by atoms with van der Waals surface area (Å²) in [5, 5.41) is 15.4. The van der Waals surface area contributed by atoms with Crippen molar-refractivity contribution in [3.8, 4) is 22.8 Å². The molecule has 0 bridgehead atoms. The molecule has 0 unspecified atom stereocenters. The molecule has 0 saturated heterocycles. The Labute approximate surface area is 393 Å². The fourth-order valence-corrected chi connectivity index (χ4v) is 15.1. The molecule has 0 spiro atoms. The van der Waals surface area contributed by atoms with E-state index in [9.17, 15) is 0 Å². The van der Waals surface area contributed by atoms with Crippen molar-refractivity contribution in [3.63, 3.8) is 0 Å². The molecular formula is C64H40N2OSi. The molecule has 0 aliphatic heterocycles. The van der Waals surface area contributed by atoms with Crippen molar-refractivity contribution in [1.29, 1.82) is 0 Å². The highest BCUT2D eigenvalue weighted by Crippen LogP contribution is 2.42. The lowest BCUT2D eigenvalue weighted by Gasteiger charge is -2.28. The number of fused-ring (bicyclic) bond motifs is 11. The number of rotatable bonds is 5. The van der Waals surface area contributed by atoms with Crippen LogP contribution in [-0.2, 0) is 0 Å². The molecule has 0 aliphatic rings. The third-order valence-electron chi connectivity index (χ3n) is 14.2. The SMILES string of the molecule is C(#C[Si](c1ccccc1)(c1ccccc1)c1ccc2oc3ccccc3c2c1)c1c2ccccc2c(-n2c3ccccc3c3cc(-n4c5ccccc5c5ccccc54)ccc32)c2ccccc12. The van der Waals surface area contributed by atoms with Gasteiger partial charge >= 0.3 is 0 Å². The van der Waals surface area contributed by atoms with E-state index in [4.69, 9.17) is 4.42 Å². The third-order valence-corrected chi connectivity index (χ3v) is 18.3. The van der Waals surface area contributed by atoms with Crippen LogP contribution >= 0.6 is 0 Å². The van der Waals surface area contributed by atoms with Crippen LogP contribution in [0.3, 0.4) is 0 Å². The first-order chi connectivity index (χ1) is 33.7. The molecule has 68 heavy (non-hydrogen) atoms. The summed E-state index contributed by atoms with van der Waals surface area (Å²) < 4.78 is 11.3. The molecule has 316 valence electrons. The van der Waals surface area contributed by atoms with Gasteiger partial charge in [0.2, 0.25) is 8.07 Å². The van der Waals surface area contributed by atoms with Gasteiger partial charge in [0.1, 0.15) is 11.2 Å². The molecule has 3 heterocycles. The van der Waals surface area contributed by atoms with Crippen LogP contribution in [0.2, 0.25) is 0 Å². The number of furan rings is 1. The number of hydrogen-bond acceptors (Lipinski definition) is 1. The zero-order valence-electron chi connectivity index (χ0n) is 36.9. The summed E-state index contributed by atoms with van der Waals surface area (Å²) in [5.74, 6) is 4.02. The van der Waals surface area contributed by atoms with Crippen molar-refractivity contribution in [2.75, 3.05) is 0 Å². The minimum Gasteiger partial charge on any atom is -0.456 e. The lowest BCUT2D eigenvalue weighted by Crippen LogP contribution is -2.66. The monoisotopic (exact) mass is 880 g/mol. The summed E-state index contributed by atoms with van der Waals surface area (Å²) in [6, 6.07) is 88.2. The predicted molar refractivity (Wildman–Crippen MR) is 288 cm³/mol. The Bertz CT molecular complexity index is 4240. The minimum atomic E-state index is -3.07. The zero-order valence-corrected chi connectivity index (χ0v) is 37.9. The summed E-state index contributed by atoms with van der Waals surface area (Å²) >= 11 is 0. The smallest absolute Gasteiger partial charge is 0.230 e. The van der Waals surface area contributed by atoms with Gasteiger partial charge in [0.05, 0.1) is 27.8 Å². The maximum Gasteiger partial charge on any atom is 0.230 e. The first-order valence-corrected chi connectivity index (χ1v) is 25.3. The minimum absolute atomic E-state index is 0.882. The molecule has 3 nitrogen and oxygen atoms in total. The average Bonchev–Trinajstić information content (AvgIpc) is 4.06. The van der Waals surface area contributed by atoms with Gasteiger partial charge in [-0.25, -0.2) is 0 Å². The fourth-order valence-electron chi connectivity index (χ4n) is 11.2. The van der Waals surface area contributed by atoms with Crippen LogP contribution in [0.15, 0.2) is 247 Å². The van der Waals surface area contributed by atoms with Crippen LogP contribution in [-0.4, -0.2) is 17.2 Å². The van der Waals surface area contributed by atoms with E-state index in [0.717, 1.165) is 71.5 Å². The predicted octanol–water partition coefficient (Wildman–Crippen LogP) is 14.1. The number of nitrogens with zero attached hydrogens (tertiary/aromatic N) is 2. The molecule has 4 heteroatoms. The van der Waals surface area contributed by atoms with Crippen molar-refractivity contribution in [2.24, 2.45) is 0 Å². The maximum absolute atomic E-state index is 6.38. The quantitative estimate of drug-likeness (QED) is 0.0731. The molecule has 0 saturated carbocycles. The van der Waals surface area contributed by atoms with E-state index in [1.54, 1.807) is 0 Å². The van der Waals surface area contributed by atoms with Gasteiger partial charge in [0.25, 0.3) is 0 Å². The van der Waals surface area contributed by atoms with Gasteiger partial charge in [0.15, 0.2) is 0 Å². The standard InChI is InChI=1S/C64H40N2OSi/c1-3-19-44(20-4-1)68(45-21-5-2-6-22-45,46-36-38-63-57(42-46)53-28-14-18-34-62(53)67-63)40-39-49-47-23-7-9-29-54(47)64(55-30-10-8-24-48(49)55)66-60-33-17-13-27-52(60)56-41-43(35-37-61(56)66)65-58-31-15-11-25-50(58)51-26-12-16-32-59(51)65/h1-38,41-42H. The molecule has 0 fully saturated rings. The molecule has 3 aromatic heterocycles. The average molecular weight is 881 g/mol. The Kier molecular flexibility index (Phi) is 8.52. The molecule has 0 amide bonds. The highest BCUT2D eigenvalue weighted by Gasteiger charge is 2.39. The van der Waals surface area contributed by atoms with Crippen molar-refractivity contribution in [2.45, 2.75) is 0 Å². The summed E-state index contributed by atoms with van der Waals surface area (Å²) in [4.78, 5) is 0. The Morgan fingerprint density at radius 2 is 0.765 bits per heavy atom. The largest absolute Gasteiger partial charge is 0.456 e. The molecule has 0 N–H and O–H groups in total. The van der Waals surface area contributed by atoms with Gasteiger partial charge in [-0.1, -0.05) is 194 Å². The summed E-state index contributed by atoms with van der Waals surface area (Å²) in [6.45, 7) is 0. The maximum atomic E-state index is 6.38. The Hall–Kier alpha value is -8.88. The molecule has 11 aromatic carbocycles. The number of aromatic nitrogens is 2. The van der Waals surface area contributed by atoms with E-state index in [1.165, 1.54) is 48.1 Å². The summed E-state index contributed by atoms with van der Waals surface area (Å²) in [7, 11) is -3.07. The summed E-state index contributed by atoms with van der Waals surface area (Å²) in [6.07, 6.45) is 0. The third kappa shape index (κ3) is 5.61. The second-order valence-corrected chi connectivity index (χ2v) is 21.3. The first-order valence-electron chi connectivity index (χ1n) is 23.3. The van der Waals surface area contributed by atoms with E-state index in [2.05, 4.69) is 257 Å². The fraction of sp³-hybridized carbons (Fsp3) is 0. The summed E-state index contributed by atoms with van der Waals surface area (Å²) in [5.41, 5.74) is 14.0. The lowest BCUT2D eigenvalue weighted by molar-refractivity contribution is 0.669. The van der Waals surface area contributed by atoms with Crippen LogP contribution in [0.1, 0.15) is 5.56 Å². The van der Waals surface area contributed by atoms with Gasteiger partial charge in [0, 0.05) is 65.1 Å². The number of para-hydroxylation sites is 4. The van der Waals surface area contributed by atoms with E-state index >= 15 is 0 Å². The topological polar surface area (TPSA) is 23.0 Å². The van der Waals surface area contributed by atoms with Crippen molar-refractivity contribution >= 4 is 111 Å². The van der Waals surface area contributed by atoms with E-state index < -0.39 is 8.07 Å². The van der Waals surface area contributed by atoms with Crippen molar-refractivity contribution < 1.29 is 4.42 Å². The number of benzene rings is 11. The van der Waals surface area contributed by atoms with Crippen molar-refractivity contribution in [3.05, 3.63) is 248 Å². The van der Waals surface area contributed by atoms with Gasteiger partial charge in [-0.15, -0.1) is 5.54 Å². The van der Waals surface area contributed by atoms with Gasteiger partial charge in [-0.05, 0) is 70.2 Å². The first kappa shape index (κ1) is 38.4. The Morgan fingerprint density at radius 1 is 0.309 bits per heavy atom. The van der Waals surface area contributed by atoms with E-state index in [1.807, 2.05) is 6.07 Å². The van der Waals surface area contributed by atoms with Gasteiger partial charge in [-0.3, -0.25) is 0 Å². The second kappa shape index (κ2) is 15.1. The molecule has 14 rings (SSSR count). The molecule has 0 aliphatic carbocycles. The normalized spacial score (nSPS) is 12.0. The Morgan fingerprint density at radius 3 is 1.37 bits per heavy atom. The molecule has 0 radical (unpaired) electrons. The van der Waals surface area contributed by atoms with Gasteiger partial charge in [-0.2, -0.15) is 0 Å². The van der Waals surface area contributed by atoms with Gasteiger partial charge < -0.3 is 13.6 Å². The Balaban J connectivity index is 1.04. The molecule has 0 atom stereocenters. The number of hydrogen-bond donors (Lipinski definition) is 0. The molecular weight excluding hydrogens is 841 g/mol. The van der Waals surface area contributed by atoms with Crippen LogP contribution in [0.4, 0.5) is 0 Å². The zero-order chi connectivity index (χ0) is 44.8. The molecule has 14 aromatic rings. The van der Waals surface area contributed by atoms with E-state index in [0.29, 0.717) is 0 Å². The lowest BCUT2D eigenvalue weighted by atomic mass is 9.95. The van der Waals surface area contributed by atoms with Crippen LogP contribution in [0.5, 0.6) is 0 Å². The van der Waals surface area contributed by atoms with Crippen LogP contribution in [0.25, 0.3) is 98.5 Å². The highest BCUT2D eigenvalue weighted by molar-refractivity contribution is 7.17. The van der Waals surface area contributed by atoms with Crippen LogP contribution < -0.4 is 15.6 Å². The van der Waals surface area contributed by atoms with E-state index in [-0.39, 0.29) is 0 Å². The van der Waals surface area contributed by atoms with Crippen molar-refractivity contribution in [1.82, 2.24) is 9.13 Å².